The molecule has 5 nitrogen and oxygen atoms in total. The molecule has 0 radical (unpaired) electrons. The van der Waals surface area contributed by atoms with E-state index in [9.17, 15) is 9.90 Å². The van der Waals surface area contributed by atoms with Crippen LogP contribution >= 0.6 is 0 Å². The van der Waals surface area contributed by atoms with Crippen molar-refractivity contribution >= 4 is 6.16 Å². The minimum Gasteiger partial charge on any atom is -0.434 e. The van der Waals surface area contributed by atoms with Crippen LogP contribution in [-0.2, 0) is 9.47 Å². The van der Waals surface area contributed by atoms with Gasteiger partial charge in [0.2, 0.25) is 0 Å². The van der Waals surface area contributed by atoms with Crippen LogP contribution in [0.15, 0.2) is 12.2 Å². The van der Waals surface area contributed by atoms with E-state index in [1.54, 1.807) is 0 Å². The lowest BCUT2D eigenvalue weighted by Crippen LogP contribution is -2.29. The molecule has 0 aliphatic heterocycles. The van der Waals surface area contributed by atoms with Gasteiger partial charge in [0.1, 0.15) is 0 Å². The highest BCUT2D eigenvalue weighted by Gasteiger charge is 2.05. The summed E-state index contributed by atoms with van der Waals surface area (Å²) in [5, 5.41) is 9.18. The summed E-state index contributed by atoms with van der Waals surface area (Å²) in [6.45, 7) is 8.26. The summed E-state index contributed by atoms with van der Waals surface area (Å²) in [6, 6.07) is 0. The maximum atomic E-state index is 11.5. The molecule has 0 amide bonds. The predicted molar refractivity (Wildman–Crippen MR) is 117 cm³/mol. The predicted octanol–water partition coefficient (Wildman–Crippen LogP) is 5.71. The Morgan fingerprint density at radius 1 is 0.750 bits per heavy atom. The molecule has 5 heteroatoms. The summed E-state index contributed by atoms with van der Waals surface area (Å²) in [5.41, 5.74) is 0. The lowest BCUT2D eigenvalue weighted by atomic mass is 10.2. The van der Waals surface area contributed by atoms with Gasteiger partial charge in [-0.2, -0.15) is 0 Å². The molecule has 0 saturated heterocycles. The van der Waals surface area contributed by atoms with E-state index >= 15 is 0 Å². The fourth-order valence-corrected chi connectivity index (χ4v) is 3.01. The van der Waals surface area contributed by atoms with Crippen LogP contribution in [0.2, 0.25) is 0 Å². The Bertz CT molecular complexity index is 361. The molecule has 0 rings (SSSR count). The number of hydrogen-bond acceptors (Lipinski definition) is 5. The molecule has 0 heterocycles. The maximum Gasteiger partial charge on any atom is 0.508 e. The molecule has 166 valence electrons. The van der Waals surface area contributed by atoms with Crippen molar-refractivity contribution in [3.63, 3.8) is 0 Å². The number of ether oxygens (including phenoxy) is 2. The lowest BCUT2D eigenvalue weighted by Gasteiger charge is -2.21. The number of unbranched alkanes of at least 4 members (excludes halogenated alkanes) is 8. The van der Waals surface area contributed by atoms with Crippen molar-refractivity contribution in [1.82, 2.24) is 4.90 Å². The monoisotopic (exact) mass is 399 g/mol. The van der Waals surface area contributed by atoms with Crippen molar-refractivity contribution < 1.29 is 19.4 Å². The minimum absolute atomic E-state index is 0.219. The standard InChI is InChI=1S/C23H45NO4/c1-3-5-7-9-10-11-15-21-27-23(26)28-22-16-12-14-18-24(19-20-25)17-13-8-6-4-2/h10-11,25H,3-9,12-22H2,1-2H3/b11-10-. The molecule has 0 bridgehead atoms. The van der Waals surface area contributed by atoms with Crippen molar-refractivity contribution in [3.8, 4) is 0 Å². The fraction of sp³-hybridized carbons (Fsp3) is 0.870. The van der Waals surface area contributed by atoms with Gasteiger partial charge in [0.25, 0.3) is 0 Å². The summed E-state index contributed by atoms with van der Waals surface area (Å²) >= 11 is 0. The van der Waals surface area contributed by atoms with Crippen LogP contribution in [0.3, 0.4) is 0 Å². The van der Waals surface area contributed by atoms with Gasteiger partial charge in [0, 0.05) is 6.54 Å². The quantitative estimate of drug-likeness (QED) is 0.161. The van der Waals surface area contributed by atoms with Crippen molar-refractivity contribution in [2.45, 2.75) is 90.9 Å². The van der Waals surface area contributed by atoms with Gasteiger partial charge in [-0.1, -0.05) is 58.1 Å². The third-order valence-corrected chi connectivity index (χ3v) is 4.73. The maximum absolute atomic E-state index is 11.5. The van der Waals surface area contributed by atoms with E-state index < -0.39 is 6.16 Å². The average molecular weight is 400 g/mol. The van der Waals surface area contributed by atoms with E-state index in [1.165, 1.54) is 44.9 Å². The number of hydrogen-bond donors (Lipinski definition) is 1. The molecule has 1 N–H and O–H groups in total. The molecule has 0 aromatic rings. The van der Waals surface area contributed by atoms with Gasteiger partial charge in [-0.15, -0.1) is 0 Å². The molecule has 0 aliphatic carbocycles. The molecule has 28 heavy (non-hydrogen) atoms. The Morgan fingerprint density at radius 3 is 2.04 bits per heavy atom. The normalized spacial score (nSPS) is 11.4. The second-order valence-corrected chi connectivity index (χ2v) is 7.39. The number of aliphatic hydroxyl groups excluding tert-OH is 1. The van der Waals surface area contributed by atoms with Crippen LogP contribution in [0.4, 0.5) is 4.79 Å². The molecule has 0 aromatic heterocycles. The van der Waals surface area contributed by atoms with E-state index in [0.717, 1.165) is 51.7 Å². The minimum atomic E-state index is -0.558. The molecule has 0 aromatic carbocycles. The van der Waals surface area contributed by atoms with Crippen LogP contribution < -0.4 is 0 Å². The molecular formula is C23H45NO4. The SMILES string of the molecule is CCCCC/C=C\CCOC(=O)OCCCCCN(CCO)CCCCCC. The van der Waals surface area contributed by atoms with Crippen molar-refractivity contribution in [1.29, 1.82) is 0 Å². The topological polar surface area (TPSA) is 59.0 Å². The highest BCUT2D eigenvalue weighted by Crippen LogP contribution is 2.05. The van der Waals surface area contributed by atoms with E-state index in [-0.39, 0.29) is 6.61 Å². The van der Waals surface area contributed by atoms with E-state index in [2.05, 4.69) is 30.9 Å². The van der Waals surface area contributed by atoms with Crippen molar-refractivity contribution in [2.75, 3.05) is 39.5 Å². The van der Waals surface area contributed by atoms with Gasteiger partial charge in [0.15, 0.2) is 0 Å². The first-order valence-electron chi connectivity index (χ1n) is 11.5. The highest BCUT2D eigenvalue weighted by molar-refractivity contribution is 5.59. The molecule has 0 saturated carbocycles. The van der Waals surface area contributed by atoms with E-state index in [0.29, 0.717) is 13.2 Å². The highest BCUT2D eigenvalue weighted by atomic mass is 16.7. The lowest BCUT2D eigenvalue weighted by molar-refractivity contribution is 0.0551. The summed E-state index contributed by atoms with van der Waals surface area (Å²) in [6.07, 6.45) is 17.2. The third-order valence-electron chi connectivity index (χ3n) is 4.73. The van der Waals surface area contributed by atoms with Crippen molar-refractivity contribution in [3.05, 3.63) is 12.2 Å². The van der Waals surface area contributed by atoms with Gasteiger partial charge in [-0.05, 0) is 58.0 Å². The summed E-state index contributed by atoms with van der Waals surface area (Å²) in [7, 11) is 0. The summed E-state index contributed by atoms with van der Waals surface area (Å²) in [4.78, 5) is 13.8. The second kappa shape index (κ2) is 22.2. The van der Waals surface area contributed by atoms with Crippen molar-refractivity contribution in [2.24, 2.45) is 0 Å². The first kappa shape index (κ1) is 26.9. The Labute approximate surface area is 173 Å². The van der Waals surface area contributed by atoms with Gasteiger partial charge in [-0.25, -0.2) is 4.79 Å². The zero-order chi connectivity index (χ0) is 20.7. The number of nitrogens with zero attached hydrogens (tertiary/aromatic N) is 1. The van der Waals surface area contributed by atoms with Crippen LogP contribution in [0, 0.1) is 0 Å². The number of aliphatic hydroxyl groups is 1. The van der Waals surface area contributed by atoms with Gasteiger partial charge in [-0.3, -0.25) is 0 Å². The first-order valence-corrected chi connectivity index (χ1v) is 11.5. The molecule has 0 unspecified atom stereocenters. The number of carbonyl (C=O) groups is 1. The van der Waals surface area contributed by atoms with Gasteiger partial charge >= 0.3 is 6.16 Å². The second-order valence-electron chi connectivity index (χ2n) is 7.39. The first-order chi connectivity index (χ1) is 13.7. The molecule has 0 spiro atoms. The molecule has 0 atom stereocenters. The molecule has 0 aliphatic rings. The van der Waals surface area contributed by atoms with Crippen LogP contribution in [0.25, 0.3) is 0 Å². The number of allylic oxidation sites excluding steroid dienone is 1. The Kier molecular flexibility index (Phi) is 21.4. The van der Waals surface area contributed by atoms with Gasteiger partial charge in [0.05, 0.1) is 19.8 Å². The largest absolute Gasteiger partial charge is 0.508 e. The van der Waals surface area contributed by atoms with Gasteiger partial charge < -0.3 is 19.5 Å². The zero-order valence-electron chi connectivity index (χ0n) is 18.5. The van der Waals surface area contributed by atoms with E-state index in [4.69, 9.17) is 9.47 Å². The Balaban J connectivity index is 3.52. The average Bonchev–Trinajstić information content (AvgIpc) is 2.69. The summed E-state index contributed by atoms with van der Waals surface area (Å²) < 4.78 is 10.2. The number of carbonyl (C=O) groups excluding carboxylic acids is 1. The van der Waals surface area contributed by atoms with Crippen LogP contribution in [0.1, 0.15) is 90.9 Å². The Morgan fingerprint density at radius 2 is 1.36 bits per heavy atom. The summed E-state index contributed by atoms with van der Waals surface area (Å²) in [5.74, 6) is 0. The number of rotatable bonds is 20. The third kappa shape index (κ3) is 19.7. The fourth-order valence-electron chi connectivity index (χ4n) is 3.01. The Hall–Kier alpha value is -1.07. The zero-order valence-corrected chi connectivity index (χ0v) is 18.5. The van der Waals surface area contributed by atoms with Crippen LogP contribution in [-0.4, -0.2) is 55.6 Å². The molecular weight excluding hydrogens is 354 g/mol. The van der Waals surface area contributed by atoms with Crippen LogP contribution in [0.5, 0.6) is 0 Å². The smallest absolute Gasteiger partial charge is 0.434 e. The van der Waals surface area contributed by atoms with E-state index in [1.807, 2.05) is 0 Å². The molecule has 0 fully saturated rings.